The van der Waals surface area contributed by atoms with Crippen molar-refractivity contribution < 1.29 is 4.74 Å². The fourth-order valence-electron chi connectivity index (χ4n) is 1.72. The van der Waals surface area contributed by atoms with E-state index in [2.05, 4.69) is 9.69 Å². The van der Waals surface area contributed by atoms with Crippen molar-refractivity contribution >= 4 is 22.4 Å². The molecule has 0 amide bonds. The lowest BCUT2D eigenvalue weighted by molar-refractivity contribution is 0.00304. The normalized spacial score (nSPS) is 24.9. The smallest absolute Gasteiger partial charge is 0.142 e. The van der Waals surface area contributed by atoms with Crippen LogP contribution < -0.4 is 11.1 Å². The maximum Gasteiger partial charge on any atom is 0.142 e. The van der Waals surface area contributed by atoms with Crippen molar-refractivity contribution in [2.45, 2.75) is 38.8 Å². The average molecular weight is 227 g/mol. The van der Waals surface area contributed by atoms with E-state index >= 15 is 0 Å². The number of hydrogen-bond donors (Lipinski definition) is 2. The molecule has 0 aliphatic heterocycles. The average Bonchev–Trinajstić information content (AvgIpc) is 2.46. The van der Waals surface area contributed by atoms with E-state index in [9.17, 15) is 0 Å². The van der Waals surface area contributed by atoms with Gasteiger partial charge in [-0.15, -0.1) is 0 Å². The molecule has 84 valence electrons. The molecule has 1 heterocycles. The molecule has 2 rings (SSSR count). The Morgan fingerprint density at radius 2 is 2.33 bits per heavy atom. The van der Waals surface area contributed by atoms with Crippen LogP contribution >= 0.6 is 11.5 Å². The van der Waals surface area contributed by atoms with Crippen LogP contribution in [-0.4, -0.2) is 23.1 Å². The van der Waals surface area contributed by atoms with Crippen LogP contribution in [0.25, 0.3) is 0 Å². The standard InChI is InChI=1S/C10H17N3OS/c1-3-14-8-4-7(5-8)12-10-6(2)9(11)13-15-10/h7-8,12H,3-5H2,1-2H3,(H2,11,13). The Morgan fingerprint density at radius 1 is 1.60 bits per heavy atom. The molecule has 1 fully saturated rings. The van der Waals surface area contributed by atoms with Gasteiger partial charge in [-0.1, -0.05) is 0 Å². The van der Waals surface area contributed by atoms with E-state index in [1.807, 2.05) is 13.8 Å². The van der Waals surface area contributed by atoms with Gasteiger partial charge in [-0.25, -0.2) is 0 Å². The molecule has 0 spiro atoms. The van der Waals surface area contributed by atoms with Gasteiger partial charge in [0.05, 0.1) is 6.10 Å². The molecule has 1 saturated carbocycles. The van der Waals surface area contributed by atoms with Crippen LogP contribution in [0.15, 0.2) is 0 Å². The van der Waals surface area contributed by atoms with Crippen molar-refractivity contribution in [2.24, 2.45) is 0 Å². The zero-order chi connectivity index (χ0) is 10.8. The van der Waals surface area contributed by atoms with Gasteiger partial charge in [0.2, 0.25) is 0 Å². The lowest BCUT2D eigenvalue weighted by Crippen LogP contribution is -2.40. The quantitative estimate of drug-likeness (QED) is 0.826. The number of aromatic nitrogens is 1. The van der Waals surface area contributed by atoms with Crippen molar-refractivity contribution in [1.29, 1.82) is 0 Å². The van der Waals surface area contributed by atoms with Crippen molar-refractivity contribution in [1.82, 2.24) is 4.37 Å². The van der Waals surface area contributed by atoms with Crippen LogP contribution in [0, 0.1) is 6.92 Å². The Kier molecular flexibility index (Phi) is 3.11. The number of ether oxygens (including phenoxy) is 1. The molecular weight excluding hydrogens is 210 g/mol. The SMILES string of the molecule is CCOC1CC(Nc2snc(N)c2C)C1. The van der Waals surface area contributed by atoms with Gasteiger partial charge in [0.15, 0.2) is 0 Å². The minimum atomic E-state index is 0.443. The molecule has 1 aliphatic rings. The number of rotatable bonds is 4. The second kappa shape index (κ2) is 4.37. The van der Waals surface area contributed by atoms with E-state index in [4.69, 9.17) is 10.5 Å². The highest BCUT2D eigenvalue weighted by Gasteiger charge is 2.30. The summed E-state index contributed by atoms with van der Waals surface area (Å²) < 4.78 is 9.61. The summed E-state index contributed by atoms with van der Waals surface area (Å²) in [7, 11) is 0. The molecule has 4 nitrogen and oxygen atoms in total. The van der Waals surface area contributed by atoms with Gasteiger partial charge in [0, 0.05) is 18.2 Å². The van der Waals surface area contributed by atoms with Crippen molar-refractivity contribution in [3.05, 3.63) is 5.56 Å². The summed E-state index contributed by atoms with van der Waals surface area (Å²) in [6.07, 6.45) is 2.62. The maximum atomic E-state index is 5.69. The third-order valence-corrected chi connectivity index (χ3v) is 3.69. The Labute approximate surface area is 94.0 Å². The maximum absolute atomic E-state index is 5.69. The largest absolute Gasteiger partial charge is 0.383 e. The fraction of sp³-hybridized carbons (Fsp3) is 0.700. The van der Waals surface area contributed by atoms with Crippen molar-refractivity contribution in [2.75, 3.05) is 17.7 Å². The van der Waals surface area contributed by atoms with Crippen molar-refractivity contribution in [3.8, 4) is 0 Å². The topological polar surface area (TPSA) is 60.2 Å². The Hall–Kier alpha value is -0.810. The lowest BCUT2D eigenvalue weighted by Gasteiger charge is -2.35. The summed E-state index contributed by atoms with van der Waals surface area (Å²) >= 11 is 1.44. The van der Waals surface area contributed by atoms with E-state index in [0.29, 0.717) is 18.0 Å². The van der Waals surface area contributed by atoms with Gasteiger partial charge in [-0.05, 0) is 38.2 Å². The Morgan fingerprint density at radius 3 is 2.87 bits per heavy atom. The lowest BCUT2D eigenvalue weighted by atomic mass is 9.89. The minimum absolute atomic E-state index is 0.443. The van der Waals surface area contributed by atoms with E-state index in [1.165, 1.54) is 11.5 Å². The van der Waals surface area contributed by atoms with Gasteiger partial charge >= 0.3 is 0 Å². The Bertz CT molecular complexity index is 333. The van der Waals surface area contributed by atoms with E-state index in [-0.39, 0.29) is 0 Å². The van der Waals surface area contributed by atoms with Crippen LogP contribution in [0.4, 0.5) is 10.8 Å². The molecule has 0 radical (unpaired) electrons. The zero-order valence-electron chi connectivity index (χ0n) is 9.12. The zero-order valence-corrected chi connectivity index (χ0v) is 9.93. The number of nitrogens with zero attached hydrogens (tertiary/aromatic N) is 1. The molecule has 0 unspecified atom stereocenters. The van der Waals surface area contributed by atoms with Crippen LogP contribution in [0.5, 0.6) is 0 Å². The summed E-state index contributed by atoms with van der Waals surface area (Å²) in [5.74, 6) is 0.642. The van der Waals surface area contributed by atoms with Gasteiger partial charge in [0.1, 0.15) is 10.8 Å². The Balaban J connectivity index is 1.82. The first-order valence-corrected chi connectivity index (χ1v) is 6.08. The summed E-state index contributed by atoms with van der Waals surface area (Å²) in [5, 5.41) is 4.56. The fourth-order valence-corrected chi connectivity index (χ4v) is 2.51. The molecular formula is C10H17N3OS. The highest BCUT2D eigenvalue weighted by molar-refractivity contribution is 7.10. The van der Waals surface area contributed by atoms with Gasteiger partial charge < -0.3 is 15.8 Å². The third-order valence-electron chi connectivity index (χ3n) is 2.79. The number of nitrogens with two attached hydrogens (primary N) is 1. The van der Waals surface area contributed by atoms with Crippen LogP contribution in [-0.2, 0) is 4.74 Å². The molecule has 0 saturated heterocycles. The molecule has 0 bridgehead atoms. The summed E-state index contributed by atoms with van der Waals surface area (Å²) in [5.41, 5.74) is 6.75. The number of hydrogen-bond acceptors (Lipinski definition) is 5. The first kappa shape index (κ1) is 10.7. The first-order chi connectivity index (χ1) is 7.20. The highest BCUT2D eigenvalue weighted by atomic mass is 32.1. The second-order valence-electron chi connectivity index (χ2n) is 3.91. The summed E-state index contributed by atoms with van der Waals surface area (Å²) in [6, 6.07) is 0.528. The summed E-state index contributed by atoms with van der Waals surface area (Å²) in [6.45, 7) is 4.85. The molecule has 3 N–H and O–H groups in total. The van der Waals surface area contributed by atoms with E-state index in [0.717, 1.165) is 30.0 Å². The monoisotopic (exact) mass is 227 g/mol. The molecule has 15 heavy (non-hydrogen) atoms. The molecule has 1 aromatic rings. The number of nitrogen functional groups attached to an aromatic ring is 1. The van der Waals surface area contributed by atoms with E-state index in [1.54, 1.807) is 0 Å². The summed E-state index contributed by atoms with van der Waals surface area (Å²) in [4.78, 5) is 0. The van der Waals surface area contributed by atoms with Crippen LogP contribution in [0.2, 0.25) is 0 Å². The van der Waals surface area contributed by atoms with E-state index < -0.39 is 0 Å². The predicted molar refractivity (Wildman–Crippen MR) is 63.3 cm³/mol. The second-order valence-corrected chi connectivity index (χ2v) is 4.69. The van der Waals surface area contributed by atoms with Gasteiger partial charge in [-0.3, -0.25) is 0 Å². The third kappa shape index (κ3) is 2.23. The molecule has 1 aliphatic carbocycles. The number of anilines is 2. The van der Waals surface area contributed by atoms with Gasteiger partial charge in [-0.2, -0.15) is 4.37 Å². The molecule has 5 heteroatoms. The number of nitrogens with one attached hydrogen (secondary N) is 1. The minimum Gasteiger partial charge on any atom is -0.383 e. The molecule has 0 atom stereocenters. The van der Waals surface area contributed by atoms with Crippen molar-refractivity contribution in [3.63, 3.8) is 0 Å². The molecule has 1 aromatic heterocycles. The van der Waals surface area contributed by atoms with Crippen LogP contribution in [0.1, 0.15) is 25.3 Å². The predicted octanol–water partition coefficient (Wildman–Crippen LogP) is 2.01. The van der Waals surface area contributed by atoms with Gasteiger partial charge in [0.25, 0.3) is 0 Å². The molecule has 0 aromatic carbocycles. The van der Waals surface area contributed by atoms with Crippen LogP contribution in [0.3, 0.4) is 0 Å². The highest BCUT2D eigenvalue weighted by Crippen LogP contribution is 2.31. The first-order valence-electron chi connectivity index (χ1n) is 5.30.